The molecule has 1 heterocycles. The van der Waals surface area contributed by atoms with E-state index in [2.05, 4.69) is 5.32 Å². The second-order valence-corrected chi connectivity index (χ2v) is 5.01. The van der Waals surface area contributed by atoms with Crippen molar-refractivity contribution in [3.63, 3.8) is 0 Å². The van der Waals surface area contributed by atoms with Crippen LogP contribution in [0.15, 0.2) is 0 Å². The Labute approximate surface area is 96.1 Å². The number of hydrogen-bond acceptors (Lipinski definition) is 3. The minimum absolute atomic E-state index is 0.0893. The molecule has 0 bridgehead atoms. The summed E-state index contributed by atoms with van der Waals surface area (Å²) in [4.78, 5) is 13.5. The standard InChI is InChI=1S/C11H21FN2O2/c1-11(2,3)16-10(15)14-7-6-13-8-9(14)4-5-12/h9,13H,4-8H2,1-3H3. The van der Waals surface area contributed by atoms with Crippen molar-refractivity contribution in [1.29, 1.82) is 0 Å². The van der Waals surface area contributed by atoms with Crippen LogP contribution in [0, 0.1) is 0 Å². The van der Waals surface area contributed by atoms with Gasteiger partial charge in [0.2, 0.25) is 0 Å². The first-order valence-electron chi connectivity index (χ1n) is 5.70. The lowest BCUT2D eigenvalue weighted by atomic mass is 10.1. The number of rotatable bonds is 2. The van der Waals surface area contributed by atoms with Gasteiger partial charge in [-0.3, -0.25) is 4.39 Å². The van der Waals surface area contributed by atoms with Gasteiger partial charge in [0.1, 0.15) is 5.60 Å². The van der Waals surface area contributed by atoms with E-state index in [1.54, 1.807) is 4.90 Å². The van der Waals surface area contributed by atoms with E-state index in [1.165, 1.54) is 0 Å². The summed E-state index contributed by atoms with van der Waals surface area (Å²) in [5, 5.41) is 3.15. The summed E-state index contributed by atoms with van der Waals surface area (Å²) in [6.45, 7) is 7.04. The molecule has 1 aliphatic heterocycles. The number of piperazine rings is 1. The molecule has 0 aromatic carbocycles. The Bertz CT molecular complexity index is 239. The number of carbonyl (C=O) groups excluding carboxylic acids is 1. The van der Waals surface area contributed by atoms with Crippen LogP contribution in [0.3, 0.4) is 0 Å². The van der Waals surface area contributed by atoms with Gasteiger partial charge in [0, 0.05) is 19.6 Å². The van der Waals surface area contributed by atoms with E-state index in [0.29, 0.717) is 19.5 Å². The van der Waals surface area contributed by atoms with Crippen LogP contribution in [0.5, 0.6) is 0 Å². The normalized spacial score (nSPS) is 22.0. The van der Waals surface area contributed by atoms with Crippen molar-refractivity contribution in [3.05, 3.63) is 0 Å². The first-order valence-corrected chi connectivity index (χ1v) is 5.70. The van der Waals surface area contributed by atoms with Gasteiger partial charge >= 0.3 is 6.09 Å². The predicted octanol–water partition coefficient (Wildman–Crippen LogP) is 1.55. The molecule has 1 rings (SSSR count). The number of alkyl halides is 1. The molecule has 1 saturated heterocycles. The maximum absolute atomic E-state index is 12.3. The average molecular weight is 232 g/mol. The van der Waals surface area contributed by atoms with Crippen molar-refractivity contribution in [2.45, 2.75) is 38.8 Å². The molecule has 1 N–H and O–H groups in total. The number of halogens is 1. The third-order valence-corrected chi connectivity index (χ3v) is 2.42. The number of nitrogens with zero attached hydrogens (tertiary/aromatic N) is 1. The minimum atomic E-state index is -0.498. The molecule has 1 fully saturated rings. The van der Waals surface area contributed by atoms with Gasteiger partial charge in [-0.25, -0.2) is 4.79 Å². The van der Waals surface area contributed by atoms with E-state index in [9.17, 15) is 9.18 Å². The van der Waals surface area contributed by atoms with Gasteiger partial charge in [-0.2, -0.15) is 0 Å². The largest absolute Gasteiger partial charge is 0.444 e. The van der Waals surface area contributed by atoms with Gasteiger partial charge in [0.25, 0.3) is 0 Å². The van der Waals surface area contributed by atoms with Gasteiger partial charge in [-0.15, -0.1) is 0 Å². The van der Waals surface area contributed by atoms with E-state index in [-0.39, 0.29) is 12.1 Å². The topological polar surface area (TPSA) is 41.6 Å². The molecular weight excluding hydrogens is 211 g/mol. The lowest BCUT2D eigenvalue weighted by molar-refractivity contribution is 0.0106. The quantitative estimate of drug-likeness (QED) is 0.785. The lowest BCUT2D eigenvalue weighted by Gasteiger charge is -2.36. The van der Waals surface area contributed by atoms with Crippen molar-refractivity contribution >= 4 is 6.09 Å². The summed E-state index contributed by atoms with van der Waals surface area (Å²) >= 11 is 0. The fraction of sp³-hybridized carbons (Fsp3) is 0.909. The smallest absolute Gasteiger partial charge is 0.410 e. The molecule has 1 atom stereocenters. The van der Waals surface area contributed by atoms with E-state index in [4.69, 9.17) is 4.74 Å². The summed E-state index contributed by atoms with van der Waals surface area (Å²) in [5.41, 5.74) is -0.498. The maximum atomic E-state index is 12.3. The first kappa shape index (κ1) is 13.2. The molecule has 5 heteroatoms. The highest BCUT2D eigenvalue weighted by Crippen LogP contribution is 2.14. The van der Waals surface area contributed by atoms with Gasteiger partial charge in [-0.1, -0.05) is 0 Å². The van der Waals surface area contributed by atoms with Gasteiger partial charge in [0.05, 0.1) is 12.7 Å². The summed E-state index contributed by atoms with van der Waals surface area (Å²) in [6.07, 6.45) is 0.0270. The van der Waals surface area contributed by atoms with Gasteiger partial charge < -0.3 is 15.0 Å². The van der Waals surface area contributed by atoms with Crippen LogP contribution in [-0.4, -0.2) is 48.9 Å². The minimum Gasteiger partial charge on any atom is -0.444 e. The van der Waals surface area contributed by atoms with Crippen LogP contribution < -0.4 is 5.32 Å². The molecule has 0 aliphatic carbocycles. The Morgan fingerprint density at radius 1 is 1.56 bits per heavy atom. The Morgan fingerprint density at radius 2 is 2.25 bits per heavy atom. The predicted molar refractivity (Wildman–Crippen MR) is 60.2 cm³/mol. The molecule has 4 nitrogen and oxygen atoms in total. The van der Waals surface area contributed by atoms with E-state index in [1.807, 2.05) is 20.8 Å². The number of hydrogen-bond donors (Lipinski definition) is 1. The number of amides is 1. The average Bonchev–Trinajstić information content (AvgIpc) is 2.16. The highest BCUT2D eigenvalue weighted by atomic mass is 19.1. The third kappa shape index (κ3) is 3.96. The van der Waals surface area contributed by atoms with Gasteiger partial charge in [-0.05, 0) is 27.2 Å². The molecule has 1 aliphatic rings. The fourth-order valence-corrected chi connectivity index (χ4v) is 1.71. The highest BCUT2D eigenvalue weighted by molar-refractivity contribution is 5.68. The monoisotopic (exact) mass is 232 g/mol. The number of carbonyl (C=O) groups is 1. The van der Waals surface area contributed by atoms with Crippen LogP contribution in [-0.2, 0) is 4.74 Å². The van der Waals surface area contributed by atoms with Crippen LogP contribution in [0.25, 0.3) is 0 Å². The van der Waals surface area contributed by atoms with Crippen LogP contribution in [0.2, 0.25) is 0 Å². The van der Waals surface area contributed by atoms with Crippen molar-refractivity contribution in [2.75, 3.05) is 26.3 Å². The SMILES string of the molecule is CC(C)(C)OC(=O)N1CCNCC1CCF. The summed E-state index contributed by atoms with van der Waals surface area (Å²) in [7, 11) is 0. The molecular formula is C11H21FN2O2. The summed E-state index contributed by atoms with van der Waals surface area (Å²) in [6, 6.07) is -0.0893. The van der Waals surface area contributed by atoms with E-state index < -0.39 is 12.3 Å². The van der Waals surface area contributed by atoms with Gasteiger partial charge in [0.15, 0.2) is 0 Å². The Balaban J connectivity index is 2.57. The zero-order chi connectivity index (χ0) is 12.2. The molecule has 0 aromatic heterocycles. The first-order chi connectivity index (χ1) is 7.44. The van der Waals surface area contributed by atoms with E-state index in [0.717, 1.165) is 6.54 Å². The Hall–Kier alpha value is -0.840. The van der Waals surface area contributed by atoms with Crippen molar-refractivity contribution in [1.82, 2.24) is 10.2 Å². The highest BCUT2D eigenvalue weighted by Gasteiger charge is 2.29. The summed E-state index contributed by atoms with van der Waals surface area (Å²) in [5.74, 6) is 0. The molecule has 1 unspecified atom stereocenters. The second kappa shape index (κ2) is 5.48. The zero-order valence-corrected chi connectivity index (χ0v) is 10.3. The number of ether oxygens (including phenoxy) is 1. The molecule has 0 spiro atoms. The molecule has 0 radical (unpaired) electrons. The Kier molecular flexibility index (Phi) is 4.53. The summed E-state index contributed by atoms with van der Waals surface area (Å²) < 4.78 is 17.6. The van der Waals surface area contributed by atoms with Crippen molar-refractivity contribution in [2.24, 2.45) is 0 Å². The third-order valence-electron chi connectivity index (χ3n) is 2.42. The van der Waals surface area contributed by atoms with Crippen molar-refractivity contribution < 1.29 is 13.9 Å². The second-order valence-electron chi connectivity index (χ2n) is 5.01. The fourth-order valence-electron chi connectivity index (χ4n) is 1.71. The van der Waals surface area contributed by atoms with Crippen LogP contribution in [0.1, 0.15) is 27.2 Å². The molecule has 0 saturated carbocycles. The molecule has 94 valence electrons. The lowest BCUT2D eigenvalue weighted by Crippen LogP contribution is -2.54. The van der Waals surface area contributed by atoms with Crippen LogP contribution in [0.4, 0.5) is 9.18 Å². The van der Waals surface area contributed by atoms with Crippen LogP contribution >= 0.6 is 0 Å². The van der Waals surface area contributed by atoms with E-state index >= 15 is 0 Å². The zero-order valence-electron chi connectivity index (χ0n) is 10.3. The molecule has 0 aromatic rings. The Morgan fingerprint density at radius 3 is 2.81 bits per heavy atom. The molecule has 16 heavy (non-hydrogen) atoms. The van der Waals surface area contributed by atoms with Crippen molar-refractivity contribution in [3.8, 4) is 0 Å². The maximum Gasteiger partial charge on any atom is 0.410 e. The number of nitrogens with one attached hydrogen (secondary N) is 1. The molecule has 1 amide bonds.